The topological polar surface area (TPSA) is 29.1 Å². The molecule has 4 rings (SSSR count). The second kappa shape index (κ2) is 6.54. The summed E-state index contributed by atoms with van der Waals surface area (Å²) in [5.74, 6) is -0.0940. The number of nitrogens with one attached hydrogen (secondary N) is 1. The third-order valence-electron chi connectivity index (χ3n) is 4.23. The van der Waals surface area contributed by atoms with Gasteiger partial charge in [-0.25, -0.2) is 0 Å². The van der Waals surface area contributed by atoms with Crippen molar-refractivity contribution >= 4 is 33.0 Å². The molecule has 0 atom stereocenters. The largest absolute Gasteiger partial charge is 0.321 e. The van der Waals surface area contributed by atoms with E-state index in [1.165, 1.54) is 15.6 Å². The third-order valence-corrected chi connectivity index (χ3v) is 5.18. The van der Waals surface area contributed by atoms with Crippen LogP contribution in [0, 0.1) is 6.92 Å². The quantitative estimate of drug-likeness (QED) is 0.476. The maximum Gasteiger partial charge on any atom is 0.255 e. The highest BCUT2D eigenvalue weighted by molar-refractivity contribution is 7.17. The van der Waals surface area contributed by atoms with Gasteiger partial charge in [0.2, 0.25) is 0 Å². The predicted molar refractivity (Wildman–Crippen MR) is 106 cm³/mol. The molecule has 2 nitrogen and oxygen atoms in total. The SMILES string of the molecule is Cc1ccc2c(-c3ccccc3NC(=O)c3ccccc3)csc2c1. The van der Waals surface area contributed by atoms with Crippen molar-refractivity contribution in [3.8, 4) is 11.1 Å². The van der Waals surface area contributed by atoms with Crippen molar-refractivity contribution in [1.82, 2.24) is 0 Å². The van der Waals surface area contributed by atoms with E-state index in [0.717, 1.165) is 16.8 Å². The standard InChI is InChI=1S/C22H17NOS/c1-15-11-12-18-19(14-25-21(18)13-15)17-9-5-6-10-20(17)23-22(24)16-7-3-2-4-8-16/h2-14H,1H3,(H,23,24). The molecule has 0 aliphatic heterocycles. The van der Waals surface area contributed by atoms with Crippen LogP contribution in [0.2, 0.25) is 0 Å². The fourth-order valence-corrected chi connectivity index (χ4v) is 4.01. The van der Waals surface area contributed by atoms with Gasteiger partial charge in [0.05, 0.1) is 0 Å². The van der Waals surface area contributed by atoms with E-state index in [1.54, 1.807) is 11.3 Å². The first kappa shape index (κ1) is 15.6. The van der Waals surface area contributed by atoms with E-state index in [0.29, 0.717) is 5.56 Å². The van der Waals surface area contributed by atoms with Gasteiger partial charge >= 0.3 is 0 Å². The summed E-state index contributed by atoms with van der Waals surface area (Å²) in [6.07, 6.45) is 0. The number of anilines is 1. The van der Waals surface area contributed by atoms with Crippen LogP contribution in [0.1, 0.15) is 15.9 Å². The number of carbonyl (C=O) groups is 1. The number of fused-ring (bicyclic) bond motifs is 1. The first-order valence-electron chi connectivity index (χ1n) is 8.16. The van der Waals surface area contributed by atoms with E-state index in [-0.39, 0.29) is 5.91 Å². The van der Waals surface area contributed by atoms with Crippen LogP contribution < -0.4 is 5.32 Å². The minimum atomic E-state index is -0.0940. The van der Waals surface area contributed by atoms with Gasteiger partial charge in [0, 0.05) is 32.5 Å². The fourth-order valence-electron chi connectivity index (χ4n) is 2.96. The molecule has 0 saturated heterocycles. The maximum atomic E-state index is 12.5. The minimum Gasteiger partial charge on any atom is -0.321 e. The van der Waals surface area contributed by atoms with Crippen LogP contribution in [0.15, 0.2) is 78.2 Å². The van der Waals surface area contributed by atoms with Gasteiger partial charge in [-0.3, -0.25) is 4.79 Å². The monoisotopic (exact) mass is 343 g/mol. The van der Waals surface area contributed by atoms with E-state index >= 15 is 0 Å². The van der Waals surface area contributed by atoms with E-state index in [4.69, 9.17) is 0 Å². The van der Waals surface area contributed by atoms with Crippen molar-refractivity contribution in [3.05, 3.63) is 89.3 Å². The van der Waals surface area contributed by atoms with Crippen molar-refractivity contribution in [3.63, 3.8) is 0 Å². The zero-order valence-corrected chi connectivity index (χ0v) is 14.6. The van der Waals surface area contributed by atoms with Gasteiger partial charge in [-0.2, -0.15) is 0 Å². The highest BCUT2D eigenvalue weighted by atomic mass is 32.1. The molecule has 0 radical (unpaired) electrons. The van der Waals surface area contributed by atoms with Gasteiger partial charge < -0.3 is 5.32 Å². The highest BCUT2D eigenvalue weighted by Crippen LogP contribution is 2.38. The molecule has 0 fully saturated rings. The van der Waals surface area contributed by atoms with Crippen LogP contribution in [-0.4, -0.2) is 5.91 Å². The summed E-state index contributed by atoms with van der Waals surface area (Å²) in [6, 6.07) is 23.7. The average Bonchev–Trinajstić information content (AvgIpc) is 3.05. The molecule has 1 heterocycles. The van der Waals surface area contributed by atoms with E-state index in [1.807, 2.05) is 48.5 Å². The first-order chi connectivity index (χ1) is 12.2. The van der Waals surface area contributed by atoms with Crippen molar-refractivity contribution in [2.75, 3.05) is 5.32 Å². The van der Waals surface area contributed by atoms with Gasteiger partial charge in [-0.05, 0) is 42.1 Å². The summed E-state index contributed by atoms with van der Waals surface area (Å²) in [5.41, 5.74) is 4.94. The highest BCUT2D eigenvalue weighted by Gasteiger charge is 2.13. The number of thiophene rings is 1. The Morgan fingerprint density at radius 3 is 2.48 bits per heavy atom. The molecule has 1 amide bonds. The molecule has 0 saturated carbocycles. The lowest BCUT2D eigenvalue weighted by Crippen LogP contribution is -2.12. The lowest BCUT2D eigenvalue weighted by Gasteiger charge is -2.11. The summed E-state index contributed by atoms with van der Waals surface area (Å²) in [7, 11) is 0. The number of hydrogen-bond acceptors (Lipinski definition) is 2. The molecule has 0 bridgehead atoms. The molecule has 0 unspecified atom stereocenters. The normalized spacial score (nSPS) is 10.8. The van der Waals surface area contributed by atoms with Crippen LogP contribution >= 0.6 is 11.3 Å². The van der Waals surface area contributed by atoms with Crippen LogP contribution in [0.4, 0.5) is 5.69 Å². The molecule has 3 aromatic carbocycles. The lowest BCUT2D eigenvalue weighted by atomic mass is 10.0. The summed E-state index contributed by atoms with van der Waals surface area (Å²) in [6.45, 7) is 2.10. The first-order valence-corrected chi connectivity index (χ1v) is 9.04. The molecule has 25 heavy (non-hydrogen) atoms. The molecule has 4 aromatic rings. The van der Waals surface area contributed by atoms with Crippen molar-refractivity contribution in [2.45, 2.75) is 6.92 Å². The molecular formula is C22H17NOS. The predicted octanol–water partition coefficient (Wildman–Crippen LogP) is 6.13. The van der Waals surface area contributed by atoms with Crippen molar-refractivity contribution < 1.29 is 4.79 Å². The Labute approximate surface area is 150 Å². The molecule has 0 spiro atoms. The maximum absolute atomic E-state index is 12.5. The third kappa shape index (κ3) is 3.06. The minimum absolute atomic E-state index is 0.0940. The summed E-state index contributed by atoms with van der Waals surface area (Å²) >= 11 is 1.73. The van der Waals surface area contributed by atoms with Gasteiger partial charge in [0.15, 0.2) is 0 Å². The summed E-state index contributed by atoms with van der Waals surface area (Å²) in [4.78, 5) is 12.5. The zero-order chi connectivity index (χ0) is 17.2. The molecular weight excluding hydrogens is 326 g/mol. The van der Waals surface area contributed by atoms with Gasteiger partial charge in [-0.15, -0.1) is 11.3 Å². The summed E-state index contributed by atoms with van der Waals surface area (Å²) < 4.78 is 1.26. The van der Waals surface area contributed by atoms with Crippen LogP contribution in [-0.2, 0) is 0 Å². The lowest BCUT2D eigenvalue weighted by molar-refractivity contribution is 0.102. The Morgan fingerprint density at radius 1 is 0.880 bits per heavy atom. The number of carbonyl (C=O) groups excluding carboxylic acids is 1. The smallest absolute Gasteiger partial charge is 0.255 e. The Hall–Kier alpha value is -2.91. The number of benzene rings is 3. The van der Waals surface area contributed by atoms with E-state index in [2.05, 4.69) is 41.9 Å². The number of rotatable bonds is 3. The van der Waals surface area contributed by atoms with Gasteiger partial charge in [-0.1, -0.05) is 48.5 Å². The number of hydrogen-bond donors (Lipinski definition) is 1. The molecule has 3 heteroatoms. The molecule has 0 aliphatic rings. The van der Waals surface area contributed by atoms with Crippen molar-refractivity contribution in [2.24, 2.45) is 0 Å². The molecule has 122 valence electrons. The fraction of sp³-hybridized carbons (Fsp3) is 0.0455. The Balaban J connectivity index is 1.75. The van der Waals surface area contributed by atoms with Crippen LogP contribution in [0.5, 0.6) is 0 Å². The Kier molecular flexibility index (Phi) is 4.08. The van der Waals surface area contributed by atoms with Crippen LogP contribution in [0.3, 0.4) is 0 Å². The molecule has 1 N–H and O–H groups in total. The Bertz CT molecular complexity index is 1050. The van der Waals surface area contributed by atoms with Gasteiger partial charge in [0.25, 0.3) is 5.91 Å². The number of aryl methyl sites for hydroxylation is 1. The zero-order valence-electron chi connectivity index (χ0n) is 13.8. The number of para-hydroxylation sites is 1. The Morgan fingerprint density at radius 2 is 1.64 bits per heavy atom. The van der Waals surface area contributed by atoms with E-state index in [9.17, 15) is 4.79 Å². The second-order valence-electron chi connectivity index (χ2n) is 6.01. The van der Waals surface area contributed by atoms with Crippen LogP contribution in [0.25, 0.3) is 21.2 Å². The second-order valence-corrected chi connectivity index (χ2v) is 6.93. The number of amides is 1. The van der Waals surface area contributed by atoms with Gasteiger partial charge in [0.1, 0.15) is 0 Å². The van der Waals surface area contributed by atoms with Crippen molar-refractivity contribution in [1.29, 1.82) is 0 Å². The van der Waals surface area contributed by atoms with E-state index < -0.39 is 0 Å². The average molecular weight is 343 g/mol. The molecule has 0 aliphatic carbocycles. The molecule has 1 aromatic heterocycles. The summed E-state index contributed by atoms with van der Waals surface area (Å²) in [5, 5.41) is 6.44.